The number of aromatic nitrogens is 3. The molecule has 0 aliphatic carbocycles. The molecule has 0 fully saturated rings. The van der Waals surface area contributed by atoms with Crippen LogP contribution in [-0.2, 0) is 11.8 Å². The van der Waals surface area contributed by atoms with Gasteiger partial charge in [-0.15, -0.1) is 10.2 Å². The minimum atomic E-state index is -0.160. The first-order valence-electron chi connectivity index (χ1n) is 7.14. The van der Waals surface area contributed by atoms with Gasteiger partial charge in [-0.2, -0.15) is 0 Å². The summed E-state index contributed by atoms with van der Waals surface area (Å²) in [6.45, 7) is 2.74. The molecule has 2 heterocycles. The van der Waals surface area contributed by atoms with Crippen LogP contribution in [0.15, 0.2) is 30.6 Å². The van der Waals surface area contributed by atoms with Gasteiger partial charge in [0.05, 0.1) is 12.0 Å². The lowest BCUT2D eigenvalue weighted by atomic mass is 9.90. The van der Waals surface area contributed by atoms with Crippen LogP contribution in [-0.4, -0.2) is 27.2 Å². The van der Waals surface area contributed by atoms with Crippen LogP contribution in [0.1, 0.15) is 36.7 Å². The van der Waals surface area contributed by atoms with Gasteiger partial charge < -0.3 is 15.2 Å². The minimum Gasteiger partial charge on any atom is -0.385 e. The van der Waals surface area contributed by atoms with Gasteiger partial charge in [0.2, 0.25) is 5.91 Å². The van der Waals surface area contributed by atoms with Crippen molar-refractivity contribution in [2.75, 3.05) is 11.9 Å². The van der Waals surface area contributed by atoms with Crippen molar-refractivity contribution >= 4 is 11.6 Å². The molecule has 2 aromatic rings. The second-order valence-corrected chi connectivity index (χ2v) is 5.39. The first-order chi connectivity index (χ1) is 10.2. The standard InChI is InChI=1S/C15H19N5O/c1-10(14-19-17-9-20(14)2)18-15(21)12-7-8-16-13-6-4-3-5-11(12)13/h3-6,9-10,12,16H,7-8H2,1-2H3,(H,18,21). The Labute approximate surface area is 123 Å². The Morgan fingerprint density at radius 3 is 3.05 bits per heavy atom. The number of carbonyl (C=O) groups is 1. The van der Waals surface area contributed by atoms with Crippen LogP contribution in [0.3, 0.4) is 0 Å². The van der Waals surface area contributed by atoms with Gasteiger partial charge in [0, 0.05) is 19.3 Å². The lowest BCUT2D eigenvalue weighted by Crippen LogP contribution is -2.35. The molecule has 1 amide bonds. The molecule has 0 saturated carbocycles. The second kappa shape index (κ2) is 5.55. The van der Waals surface area contributed by atoms with Gasteiger partial charge >= 0.3 is 0 Å². The zero-order valence-electron chi connectivity index (χ0n) is 12.2. The molecule has 1 aromatic heterocycles. The molecule has 6 nitrogen and oxygen atoms in total. The molecule has 2 N–H and O–H groups in total. The number of nitrogens with zero attached hydrogens (tertiary/aromatic N) is 3. The summed E-state index contributed by atoms with van der Waals surface area (Å²) in [6, 6.07) is 7.82. The van der Waals surface area contributed by atoms with Crippen molar-refractivity contribution in [1.29, 1.82) is 0 Å². The molecule has 1 aliphatic heterocycles. The minimum absolute atomic E-state index is 0.0412. The molecule has 3 rings (SSSR count). The Kier molecular flexibility index (Phi) is 3.60. The maximum atomic E-state index is 12.6. The monoisotopic (exact) mass is 285 g/mol. The number of amides is 1. The van der Waals surface area contributed by atoms with Crippen molar-refractivity contribution in [3.63, 3.8) is 0 Å². The van der Waals surface area contributed by atoms with E-state index in [2.05, 4.69) is 20.8 Å². The fourth-order valence-corrected chi connectivity index (χ4v) is 2.80. The highest BCUT2D eigenvalue weighted by molar-refractivity contribution is 5.86. The molecule has 0 radical (unpaired) electrons. The molecule has 1 aromatic carbocycles. The predicted octanol–water partition coefficient (Wildman–Crippen LogP) is 1.59. The van der Waals surface area contributed by atoms with E-state index in [-0.39, 0.29) is 17.9 Å². The average molecular weight is 285 g/mol. The molecule has 0 spiro atoms. The van der Waals surface area contributed by atoms with Gasteiger partial charge in [-0.05, 0) is 25.0 Å². The Morgan fingerprint density at radius 2 is 2.29 bits per heavy atom. The largest absolute Gasteiger partial charge is 0.385 e. The third kappa shape index (κ3) is 2.61. The molecule has 6 heteroatoms. The third-order valence-corrected chi connectivity index (χ3v) is 3.89. The van der Waals surface area contributed by atoms with E-state index in [1.165, 1.54) is 0 Å². The Hall–Kier alpha value is -2.37. The van der Waals surface area contributed by atoms with Crippen LogP contribution in [0, 0.1) is 0 Å². The fraction of sp³-hybridized carbons (Fsp3) is 0.400. The number of nitrogens with one attached hydrogen (secondary N) is 2. The van der Waals surface area contributed by atoms with E-state index in [9.17, 15) is 4.79 Å². The summed E-state index contributed by atoms with van der Waals surface area (Å²) in [5, 5.41) is 14.3. The van der Waals surface area contributed by atoms with Crippen LogP contribution in [0.4, 0.5) is 5.69 Å². The topological polar surface area (TPSA) is 71.8 Å². The van der Waals surface area contributed by atoms with Gasteiger partial charge in [-0.1, -0.05) is 18.2 Å². The zero-order chi connectivity index (χ0) is 14.8. The van der Waals surface area contributed by atoms with Crippen LogP contribution in [0.25, 0.3) is 0 Å². The average Bonchev–Trinajstić information content (AvgIpc) is 2.92. The molecule has 0 bridgehead atoms. The van der Waals surface area contributed by atoms with Crippen molar-refractivity contribution in [3.8, 4) is 0 Å². The number of carbonyl (C=O) groups excluding carboxylic acids is 1. The van der Waals surface area contributed by atoms with Crippen molar-refractivity contribution < 1.29 is 4.79 Å². The van der Waals surface area contributed by atoms with Gasteiger partial charge in [-0.25, -0.2) is 0 Å². The molecular formula is C15H19N5O. The van der Waals surface area contributed by atoms with E-state index in [1.54, 1.807) is 6.33 Å². The molecule has 1 aliphatic rings. The Balaban J connectivity index is 1.76. The van der Waals surface area contributed by atoms with E-state index in [1.807, 2.05) is 42.8 Å². The second-order valence-electron chi connectivity index (χ2n) is 5.39. The van der Waals surface area contributed by atoms with Crippen LogP contribution in [0.5, 0.6) is 0 Å². The number of hydrogen-bond donors (Lipinski definition) is 2. The predicted molar refractivity (Wildman–Crippen MR) is 79.9 cm³/mol. The summed E-state index contributed by atoms with van der Waals surface area (Å²) >= 11 is 0. The number of para-hydroxylation sites is 1. The van der Waals surface area contributed by atoms with E-state index in [4.69, 9.17) is 0 Å². The van der Waals surface area contributed by atoms with E-state index >= 15 is 0 Å². The molecular weight excluding hydrogens is 266 g/mol. The van der Waals surface area contributed by atoms with Gasteiger partial charge in [0.25, 0.3) is 0 Å². The zero-order valence-corrected chi connectivity index (χ0v) is 12.2. The maximum Gasteiger partial charge on any atom is 0.228 e. The van der Waals surface area contributed by atoms with Crippen molar-refractivity contribution in [2.24, 2.45) is 7.05 Å². The summed E-state index contributed by atoms with van der Waals surface area (Å²) < 4.78 is 1.82. The first kappa shape index (κ1) is 13.6. The number of anilines is 1. The highest BCUT2D eigenvalue weighted by Gasteiger charge is 2.27. The summed E-state index contributed by atoms with van der Waals surface area (Å²) in [6.07, 6.45) is 2.44. The van der Waals surface area contributed by atoms with E-state index < -0.39 is 0 Å². The van der Waals surface area contributed by atoms with Crippen LogP contribution >= 0.6 is 0 Å². The van der Waals surface area contributed by atoms with Crippen LogP contribution < -0.4 is 10.6 Å². The number of fused-ring (bicyclic) bond motifs is 1. The van der Waals surface area contributed by atoms with Gasteiger partial charge in [-0.3, -0.25) is 4.79 Å². The summed E-state index contributed by atoms with van der Waals surface area (Å²) in [5.41, 5.74) is 2.11. The smallest absolute Gasteiger partial charge is 0.228 e. The highest BCUT2D eigenvalue weighted by atomic mass is 16.2. The van der Waals surface area contributed by atoms with Crippen molar-refractivity contribution in [3.05, 3.63) is 42.0 Å². The van der Waals surface area contributed by atoms with Crippen molar-refractivity contribution in [1.82, 2.24) is 20.1 Å². The molecule has 2 atom stereocenters. The Bertz CT molecular complexity index is 651. The normalized spacial score (nSPS) is 18.5. The summed E-state index contributed by atoms with van der Waals surface area (Å²) in [7, 11) is 1.87. The molecule has 21 heavy (non-hydrogen) atoms. The SMILES string of the molecule is CC(NC(=O)C1CCNc2ccccc21)c1nncn1C. The highest BCUT2D eigenvalue weighted by Crippen LogP contribution is 2.31. The lowest BCUT2D eigenvalue weighted by molar-refractivity contribution is -0.123. The van der Waals surface area contributed by atoms with Crippen LogP contribution in [0.2, 0.25) is 0 Å². The first-order valence-corrected chi connectivity index (χ1v) is 7.14. The molecule has 0 saturated heterocycles. The summed E-state index contributed by atoms with van der Waals surface area (Å²) in [4.78, 5) is 12.6. The van der Waals surface area contributed by atoms with Crippen molar-refractivity contribution in [2.45, 2.75) is 25.3 Å². The maximum absolute atomic E-state index is 12.6. The van der Waals surface area contributed by atoms with Gasteiger partial charge in [0.15, 0.2) is 5.82 Å². The Morgan fingerprint density at radius 1 is 1.48 bits per heavy atom. The quantitative estimate of drug-likeness (QED) is 0.898. The van der Waals surface area contributed by atoms with E-state index in [0.29, 0.717) is 0 Å². The lowest BCUT2D eigenvalue weighted by Gasteiger charge is -2.27. The van der Waals surface area contributed by atoms with E-state index in [0.717, 1.165) is 30.0 Å². The fourth-order valence-electron chi connectivity index (χ4n) is 2.80. The third-order valence-electron chi connectivity index (χ3n) is 3.89. The number of aryl methyl sites for hydroxylation is 1. The number of benzene rings is 1. The molecule has 2 unspecified atom stereocenters. The number of rotatable bonds is 3. The van der Waals surface area contributed by atoms with Gasteiger partial charge in [0.1, 0.15) is 6.33 Å². The summed E-state index contributed by atoms with van der Waals surface area (Å²) in [5.74, 6) is 0.683. The molecule has 110 valence electrons. The number of hydrogen-bond acceptors (Lipinski definition) is 4.